The van der Waals surface area contributed by atoms with Crippen molar-refractivity contribution in [3.8, 4) is 5.75 Å². The molecule has 0 bridgehead atoms. The molecule has 5 rings (SSSR count). The molecule has 168 valence electrons. The van der Waals surface area contributed by atoms with E-state index in [4.69, 9.17) is 16.3 Å². The topological polar surface area (TPSA) is 49.9 Å². The van der Waals surface area contributed by atoms with Gasteiger partial charge in [-0.3, -0.25) is 9.59 Å². The van der Waals surface area contributed by atoms with Crippen LogP contribution >= 0.6 is 11.6 Å². The van der Waals surface area contributed by atoms with Crippen LogP contribution in [0.25, 0.3) is 0 Å². The van der Waals surface area contributed by atoms with Gasteiger partial charge >= 0.3 is 0 Å². The number of carbonyl (C=O) groups is 2. The van der Waals surface area contributed by atoms with Crippen LogP contribution < -0.4 is 9.64 Å². The van der Waals surface area contributed by atoms with Gasteiger partial charge in [0, 0.05) is 31.6 Å². The highest BCUT2D eigenvalue weighted by Crippen LogP contribution is 2.32. The monoisotopic (exact) mass is 460 g/mol. The number of para-hydroxylation sites is 1. The minimum absolute atomic E-state index is 0.0833. The Morgan fingerprint density at radius 1 is 0.939 bits per heavy atom. The normalized spacial score (nSPS) is 16.1. The summed E-state index contributed by atoms with van der Waals surface area (Å²) in [7, 11) is 0. The maximum atomic E-state index is 12.8. The predicted molar refractivity (Wildman–Crippen MR) is 129 cm³/mol. The van der Waals surface area contributed by atoms with Gasteiger partial charge in [0.25, 0.3) is 5.91 Å². The number of amides is 2. The number of fused-ring (bicyclic) bond motifs is 1. The number of anilines is 1. The van der Waals surface area contributed by atoms with Crippen LogP contribution in [-0.2, 0) is 17.8 Å². The summed E-state index contributed by atoms with van der Waals surface area (Å²) in [5, 5.41) is 0.486. The van der Waals surface area contributed by atoms with E-state index in [1.807, 2.05) is 71.6 Å². The van der Waals surface area contributed by atoms with Gasteiger partial charge in [0.2, 0.25) is 5.91 Å². The maximum Gasteiger partial charge on any atom is 0.260 e. The average molecular weight is 461 g/mol. The molecule has 5 nitrogen and oxygen atoms in total. The highest BCUT2D eigenvalue weighted by molar-refractivity contribution is 6.35. The van der Waals surface area contributed by atoms with Crippen LogP contribution in [0.3, 0.4) is 0 Å². The van der Waals surface area contributed by atoms with E-state index < -0.39 is 0 Å². The number of benzene rings is 3. The summed E-state index contributed by atoms with van der Waals surface area (Å²) in [6.45, 7) is 1.92. The Balaban J connectivity index is 1.16. The van der Waals surface area contributed by atoms with Crippen molar-refractivity contribution < 1.29 is 14.3 Å². The first-order valence-electron chi connectivity index (χ1n) is 11.3. The van der Waals surface area contributed by atoms with Gasteiger partial charge in [-0.25, -0.2) is 0 Å². The summed E-state index contributed by atoms with van der Waals surface area (Å²) in [5.74, 6) is 0.918. The second-order valence-electron chi connectivity index (χ2n) is 8.52. The number of ether oxygens (including phenoxy) is 1. The third kappa shape index (κ3) is 4.60. The summed E-state index contributed by atoms with van der Waals surface area (Å²) < 4.78 is 6.02. The van der Waals surface area contributed by atoms with E-state index in [1.54, 1.807) is 11.0 Å². The largest absolute Gasteiger partial charge is 0.490 e. The molecule has 0 aromatic heterocycles. The molecule has 33 heavy (non-hydrogen) atoms. The summed E-state index contributed by atoms with van der Waals surface area (Å²) in [4.78, 5) is 29.3. The molecule has 3 aromatic carbocycles. The molecule has 2 aliphatic heterocycles. The minimum atomic E-state index is -0.0833. The molecule has 0 saturated carbocycles. The summed E-state index contributed by atoms with van der Waals surface area (Å²) >= 11 is 6.23. The van der Waals surface area contributed by atoms with E-state index in [9.17, 15) is 9.59 Å². The Bertz CT molecular complexity index is 1160. The van der Waals surface area contributed by atoms with Crippen molar-refractivity contribution in [1.29, 1.82) is 0 Å². The second-order valence-corrected chi connectivity index (χ2v) is 8.93. The van der Waals surface area contributed by atoms with Gasteiger partial charge in [-0.15, -0.1) is 0 Å². The zero-order chi connectivity index (χ0) is 22.8. The molecule has 0 N–H and O–H groups in total. The van der Waals surface area contributed by atoms with Gasteiger partial charge < -0.3 is 14.5 Å². The van der Waals surface area contributed by atoms with Gasteiger partial charge in [-0.2, -0.15) is 0 Å². The lowest BCUT2D eigenvalue weighted by Gasteiger charge is -2.32. The molecule has 2 aliphatic rings. The molecule has 0 unspecified atom stereocenters. The molecule has 0 atom stereocenters. The fraction of sp³-hybridized carbons (Fsp3) is 0.259. The average Bonchev–Trinajstić information content (AvgIpc) is 3.18. The first-order chi connectivity index (χ1) is 16.1. The molecule has 1 fully saturated rings. The molecule has 2 heterocycles. The highest BCUT2D eigenvalue weighted by Gasteiger charge is 2.30. The minimum Gasteiger partial charge on any atom is -0.490 e. The van der Waals surface area contributed by atoms with E-state index in [2.05, 4.69) is 0 Å². The van der Waals surface area contributed by atoms with Gasteiger partial charge in [-0.1, -0.05) is 54.1 Å². The van der Waals surface area contributed by atoms with Crippen LogP contribution in [0.15, 0.2) is 72.8 Å². The van der Waals surface area contributed by atoms with Crippen LogP contribution in [0.4, 0.5) is 5.69 Å². The predicted octanol–water partition coefficient (Wildman–Crippen LogP) is 5.11. The lowest BCUT2D eigenvalue weighted by molar-refractivity contribution is -0.132. The van der Waals surface area contributed by atoms with Gasteiger partial charge in [0.15, 0.2) is 0 Å². The van der Waals surface area contributed by atoms with Gasteiger partial charge in [0.1, 0.15) is 11.9 Å². The molecule has 1 saturated heterocycles. The second kappa shape index (κ2) is 9.28. The first-order valence-corrected chi connectivity index (χ1v) is 11.6. The molecular weight excluding hydrogens is 436 g/mol. The zero-order valence-corrected chi connectivity index (χ0v) is 19.0. The summed E-state index contributed by atoms with van der Waals surface area (Å²) in [5.41, 5.74) is 3.26. The van der Waals surface area contributed by atoms with Crippen molar-refractivity contribution in [2.75, 3.05) is 18.0 Å². The number of hydrogen-bond donors (Lipinski definition) is 0. The third-order valence-corrected chi connectivity index (χ3v) is 6.65. The van der Waals surface area contributed by atoms with Crippen molar-refractivity contribution in [1.82, 2.24) is 4.90 Å². The molecule has 2 amide bonds. The summed E-state index contributed by atoms with van der Waals surface area (Å²) in [6.07, 6.45) is 2.16. The van der Waals surface area contributed by atoms with E-state index >= 15 is 0 Å². The molecule has 3 aromatic rings. The Morgan fingerprint density at radius 3 is 2.36 bits per heavy atom. The van der Waals surface area contributed by atoms with Crippen LogP contribution in [0.5, 0.6) is 5.75 Å². The molecule has 0 aliphatic carbocycles. The quantitative estimate of drug-likeness (QED) is 0.531. The number of likely N-dealkylation sites (tertiary alicyclic amines) is 1. The third-order valence-electron chi connectivity index (χ3n) is 6.33. The van der Waals surface area contributed by atoms with Crippen LogP contribution in [-0.4, -0.2) is 35.9 Å². The molecule has 0 spiro atoms. The van der Waals surface area contributed by atoms with Crippen LogP contribution in [0, 0.1) is 0 Å². The molecule has 6 heteroatoms. The standard InChI is InChI=1S/C27H25ClN2O3/c28-24-8-4-5-20-18-30(27(32)26(20)24)21-11-9-19(10-12-21)17-25(31)29-15-13-23(14-16-29)33-22-6-2-1-3-7-22/h1-12,23H,13-18H2. The van der Waals surface area contributed by atoms with Crippen molar-refractivity contribution >= 4 is 29.1 Å². The Morgan fingerprint density at radius 2 is 1.67 bits per heavy atom. The fourth-order valence-electron chi connectivity index (χ4n) is 4.52. The van der Waals surface area contributed by atoms with Crippen molar-refractivity contribution in [2.24, 2.45) is 0 Å². The zero-order valence-electron chi connectivity index (χ0n) is 18.2. The molecule has 0 radical (unpaired) electrons. The Labute approximate surface area is 198 Å². The number of rotatable bonds is 5. The van der Waals surface area contributed by atoms with E-state index in [0.717, 1.165) is 35.4 Å². The smallest absolute Gasteiger partial charge is 0.260 e. The van der Waals surface area contributed by atoms with Crippen molar-refractivity contribution in [3.63, 3.8) is 0 Å². The number of hydrogen-bond acceptors (Lipinski definition) is 3. The van der Waals surface area contributed by atoms with Crippen LogP contribution in [0.1, 0.15) is 34.3 Å². The van der Waals surface area contributed by atoms with Gasteiger partial charge in [0.05, 0.1) is 23.6 Å². The lowest BCUT2D eigenvalue weighted by Crippen LogP contribution is -2.42. The fourth-order valence-corrected chi connectivity index (χ4v) is 4.80. The van der Waals surface area contributed by atoms with Gasteiger partial charge in [-0.05, 0) is 41.5 Å². The maximum absolute atomic E-state index is 12.8. The van der Waals surface area contributed by atoms with Crippen LogP contribution in [0.2, 0.25) is 5.02 Å². The highest BCUT2D eigenvalue weighted by atomic mass is 35.5. The number of nitrogens with zero attached hydrogens (tertiary/aromatic N) is 2. The first kappa shape index (κ1) is 21.5. The van der Waals surface area contributed by atoms with E-state index in [-0.39, 0.29) is 17.9 Å². The number of halogens is 1. The Hall–Kier alpha value is -3.31. The van der Waals surface area contributed by atoms with E-state index in [0.29, 0.717) is 36.6 Å². The SMILES string of the molecule is O=C(Cc1ccc(N2Cc3cccc(Cl)c3C2=O)cc1)N1CCC(Oc2ccccc2)CC1. The lowest BCUT2D eigenvalue weighted by atomic mass is 10.1. The Kier molecular flexibility index (Phi) is 6.05. The van der Waals surface area contributed by atoms with Crippen molar-refractivity contribution in [2.45, 2.75) is 31.9 Å². The number of carbonyl (C=O) groups excluding carboxylic acids is 2. The van der Waals surface area contributed by atoms with E-state index in [1.165, 1.54) is 0 Å². The number of piperidine rings is 1. The van der Waals surface area contributed by atoms with Crippen molar-refractivity contribution in [3.05, 3.63) is 94.5 Å². The summed E-state index contributed by atoms with van der Waals surface area (Å²) in [6, 6.07) is 23.0. The molecular formula is C27H25ClN2O3.